The Bertz CT molecular complexity index is 451. The fourth-order valence-electron chi connectivity index (χ4n) is 3.22. The molecule has 1 N–H and O–H groups in total. The maximum Gasteiger partial charge on any atom is 0.146 e. The van der Waals surface area contributed by atoms with Crippen LogP contribution in [0, 0.1) is 11.7 Å². The lowest BCUT2D eigenvalue weighted by atomic mass is 9.86. The molecular weight excluding hydrogens is 263 g/mol. The fraction of sp³-hybridized carbons (Fsp3) is 0.667. The summed E-state index contributed by atoms with van der Waals surface area (Å²) in [6.45, 7) is 7.27. The Morgan fingerprint density at radius 2 is 1.90 bits per heavy atom. The molecule has 0 heterocycles. The molecule has 21 heavy (non-hydrogen) atoms. The van der Waals surface area contributed by atoms with E-state index in [2.05, 4.69) is 38.0 Å². The Kier molecular flexibility index (Phi) is 5.63. The predicted octanol–water partition coefficient (Wildman–Crippen LogP) is 4.34. The van der Waals surface area contributed by atoms with Gasteiger partial charge in [-0.15, -0.1) is 0 Å². The number of benzene rings is 1. The van der Waals surface area contributed by atoms with E-state index in [1.54, 1.807) is 6.07 Å². The Hall–Kier alpha value is -1.09. The van der Waals surface area contributed by atoms with Gasteiger partial charge in [0.1, 0.15) is 5.82 Å². The van der Waals surface area contributed by atoms with Crippen molar-refractivity contribution in [2.45, 2.75) is 65.1 Å². The molecule has 1 aromatic rings. The quantitative estimate of drug-likeness (QED) is 0.868. The van der Waals surface area contributed by atoms with Gasteiger partial charge in [0, 0.05) is 25.7 Å². The molecular formula is C18H29FN2. The van der Waals surface area contributed by atoms with E-state index in [1.165, 1.54) is 25.7 Å². The maximum atomic E-state index is 14.4. The van der Waals surface area contributed by atoms with Crippen molar-refractivity contribution in [2.75, 3.05) is 11.9 Å². The molecule has 1 fully saturated rings. The van der Waals surface area contributed by atoms with Crippen molar-refractivity contribution in [2.24, 2.45) is 5.92 Å². The van der Waals surface area contributed by atoms with E-state index in [1.807, 2.05) is 12.1 Å². The summed E-state index contributed by atoms with van der Waals surface area (Å²) in [5.74, 6) is 0.719. The number of hydrogen-bond acceptors (Lipinski definition) is 2. The third kappa shape index (κ3) is 4.19. The first-order chi connectivity index (χ1) is 9.99. The number of anilines is 1. The van der Waals surface area contributed by atoms with E-state index in [4.69, 9.17) is 0 Å². The topological polar surface area (TPSA) is 15.3 Å². The summed E-state index contributed by atoms with van der Waals surface area (Å²) in [7, 11) is 2.05. The second-order valence-corrected chi connectivity index (χ2v) is 6.81. The normalized spacial score (nSPS) is 22.6. The summed E-state index contributed by atoms with van der Waals surface area (Å²) in [4.78, 5) is 2.18. The van der Waals surface area contributed by atoms with Crippen molar-refractivity contribution in [3.63, 3.8) is 0 Å². The highest BCUT2D eigenvalue weighted by molar-refractivity contribution is 5.55. The lowest BCUT2D eigenvalue weighted by molar-refractivity contribution is 0.339. The minimum absolute atomic E-state index is 0.0980. The Labute approximate surface area is 128 Å². The molecule has 118 valence electrons. The fourth-order valence-corrected chi connectivity index (χ4v) is 3.22. The highest BCUT2D eigenvalue weighted by Crippen LogP contribution is 2.32. The summed E-state index contributed by atoms with van der Waals surface area (Å²) < 4.78 is 14.4. The van der Waals surface area contributed by atoms with Crippen LogP contribution in [0.15, 0.2) is 18.2 Å². The number of halogens is 1. The number of para-hydroxylation sites is 1. The molecule has 3 heteroatoms. The summed E-state index contributed by atoms with van der Waals surface area (Å²) >= 11 is 0. The minimum atomic E-state index is -0.0980. The van der Waals surface area contributed by atoms with E-state index in [0.29, 0.717) is 12.1 Å². The summed E-state index contributed by atoms with van der Waals surface area (Å²) in [6, 6.07) is 6.30. The number of nitrogens with one attached hydrogen (secondary N) is 1. The van der Waals surface area contributed by atoms with Gasteiger partial charge in [0.05, 0.1) is 5.69 Å². The molecule has 2 nitrogen and oxygen atoms in total. The van der Waals surface area contributed by atoms with E-state index in [9.17, 15) is 4.39 Å². The molecule has 1 aliphatic rings. The van der Waals surface area contributed by atoms with Gasteiger partial charge in [-0.3, -0.25) is 0 Å². The first-order valence-electron chi connectivity index (χ1n) is 8.22. The van der Waals surface area contributed by atoms with Gasteiger partial charge < -0.3 is 10.2 Å². The van der Waals surface area contributed by atoms with Crippen LogP contribution < -0.4 is 10.2 Å². The van der Waals surface area contributed by atoms with Gasteiger partial charge in [-0.1, -0.05) is 32.9 Å². The largest absolute Gasteiger partial charge is 0.369 e. The van der Waals surface area contributed by atoms with Crippen LogP contribution in [0.5, 0.6) is 0 Å². The molecule has 0 aromatic heterocycles. The van der Waals surface area contributed by atoms with Crippen LogP contribution in [0.2, 0.25) is 0 Å². The molecule has 0 amide bonds. The highest BCUT2D eigenvalue weighted by atomic mass is 19.1. The summed E-state index contributed by atoms with van der Waals surface area (Å²) in [5, 5.41) is 3.40. The summed E-state index contributed by atoms with van der Waals surface area (Å²) in [6.07, 6.45) is 4.85. The van der Waals surface area contributed by atoms with Crippen molar-refractivity contribution in [1.82, 2.24) is 5.32 Å². The third-order valence-corrected chi connectivity index (χ3v) is 4.66. The number of nitrogens with zero attached hydrogens (tertiary/aromatic N) is 1. The number of rotatable bonds is 5. The lowest BCUT2D eigenvalue weighted by Gasteiger charge is -2.36. The Morgan fingerprint density at radius 1 is 1.24 bits per heavy atom. The number of hydrogen-bond donors (Lipinski definition) is 1. The van der Waals surface area contributed by atoms with Crippen LogP contribution in [0.3, 0.4) is 0 Å². The molecule has 0 radical (unpaired) electrons. The van der Waals surface area contributed by atoms with Gasteiger partial charge in [0.25, 0.3) is 0 Å². The SMILES string of the molecule is CC1CCC(N(C)c2c(F)cccc2CNC(C)C)CC1. The summed E-state index contributed by atoms with van der Waals surface area (Å²) in [5.41, 5.74) is 1.84. The van der Waals surface area contributed by atoms with Crippen LogP contribution in [0.4, 0.5) is 10.1 Å². The van der Waals surface area contributed by atoms with Gasteiger partial charge in [-0.05, 0) is 43.2 Å². The van der Waals surface area contributed by atoms with Crippen molar-refractivity contribution in [1.29, 1.82) is 0 Å². The van der Waals surface area contributed by atoms with Gasteiger partial charge in [-0.2, -0.15) is 0 Å². The van der Waals surface area contributed by atoms with Gasteiger partial charge in [0.2, 0.25) is 0 Å². The van der Waals surface area contributed by atoms with E-state index < -0.39 is 0 Å². The second-order valence-electron chi connectivity index (χ2n) is 6.81. The van der Waals surface area contributed by atoms with Gasteiger partial charge >= 0.3 is 0 Å². The zero-order valence-electron chi connectivity index (χ0n) is 13.8. The standard InChI is InChI=1S/C18H29FN2/c1-13(2)20-12-15-6-5-7-17(19)18(15)21(4)16-10-8-14(3)9-11-16/h5-7,13-14,16,20H,8-12H2,1-4H3. The molecule has 0 spiro atoms. The average molecular weight is 292 g/mol. The monoisotopic (exact) mass is 292 g/mol. The molecule has 0 unspecified atom stereocenters. The van der Waals surface area contributed by atoms with Crippen LogP contribution in [0.25, 0.3) is 0 Å². The van der Waals surface area contributed by atoms with Crippen molar-refractivity contribution in [3.8, 4) is 0 Å². The first kappa shape index (κ1) is 16.3. The molecule has 2 rings (SSSR count). The smallest absolute Gasteiger partial charge is 0.146 e. The zero-order chi connectivity index (χ0) is 15.4. The van der Waals surface area contributed by atoms with Crippen molar-refractivity contribution >= 4 is 5.69 Å². The highest BCUT2D eigenvalue weighted by Gasteiger charge is 2.24. The van der Waals surface area contributed by atoms with E-state index in [0.717, 1.165) is 23.7 Å². The van der Waals surface area contributed by atoms with Gasteiger partial charge in [-0.25, -0.2) is 4.39 Å². The molecule has 0 atom stereocenters. The molecule has 0 aliphatic heterocycles. The van der Waals surface area contributed by atoms with Crippen molar-refractivity contribution in [3.05, 3.63) is 29.6 Å². The maximum absolute atomic E-state index is 14.4. The van der Waals surface area contributed by atoms with E-state index in [-0.39, 0.29) is 5.82 Å². The Morgan fingerprint density at radius 3 is 2.52 bits per heavy atom. The first-order valence-corrected chi connectivity index (χ1v) is 8.22. The molecule has 0 saturated heterocycles. The zero-order valence-corrected chi connectivity index (χ0v) is 13.8. The molecule has 0 bridgehead atoms. The lowest BCUT2D eigenvalue weighted by Crippen LogP contribution is -2.36. The minimum Gasteiger partial charge on any atom is -0.369 e. The average Bonchev–Trinajstić information content (AvgIpc) is 2.45. The van der Waals surface area contributed by atoms with E-state index >= 15 is 0 Å². The second kappa shape index (κ2) is 7.26. The molecule has 1 aromatic carbocycles. The predicted molar refractivity (Wildman–Crippen MR) is 88.2 cm³/mol. The van der Waals surface area contributed by atoms with Crippen LogP contribution in [0.1, 0.15) is 52.0 Å². The molecule has 1 saturated carbocycles. The van der Waals surface area contributed by atoms with Crippen LogP contribution in [-0.4, -0.2) is 19.1 Å². The van der Waals surface area contributed by atoms with Crippen LogP contribution >= 0.6 is 0 Å². The van der Waals surface area contributed by atoms with Crippen LogP contribution in [-0.2, 0) is 6.54 Å². The third-order valence-electron chi connectivity index (χ3n) is 4.66. The molecule has 1 aliphatic carbocycles. The van der Waals surface area contributed by atoms with Gasteiger partial charge in [0.15, 0.2) is 0 Å². The Balaban J connectivity index is 2.16. The van der Waals surface area contributed by atoms with Crippen molar-refractivity contribution < 1.29 is 4.39 Å².